The van der Waals surface area contributed by atoms with Crippen molar-refractivity contribution in [1.82, 2.24) is 10.6 Å². The van der Waals surface area contributed by atoms with Crippen molar-refractivity contribution in [2.75, 3.05) is 27.4 Å². The van der Waals surface area contributed by atoms with Crippen LogP contribution in [0, 0.1) is 0 Å². The highest BCUT2D eigenvalue weighted by atomic mass is 16.5. The largest absolute Gasteiger partial charge is 0.493 e. The van der Waals surface area contributed by atoms with Crippen LogP contribution in [0.4, 0.5) is 4.79 Å². The summed E-state index contributed by atoms with van der Waals surface area (Å²) in [4.78, 5) is 12.3. The van der Waals surface area contributed by atoms with Gasteiger partial charge in [0.15, 0.2) is 11.5 Å². The minimum absolute atomic E-state index is 0.188. The third-order valence-electron chi connectivity index (χ3n) is 4.24. The molecule has 2 amide bonds. The number of methoxy groups -OCH3 is 2. The molecule has 146 valence electrons. The summed E-state index contributed by atoms with van der Waals surface area (Å²) in [5.74, 6) is 1.33. The molecule has 2 aromatic rings. The van der Waals surface area contributed by atoms with E-state index >= 15 is 0 Å². The van der Waals surface area contributed by atoms with E-state index in [-0.39, 0.29) is 18.2 Å². The van der Waals surface area contributed by atoms with E-state index < -0.39 is 0 Å². The van der Waals surface area contributed by atoms with Crippen LogP contribution in [0.1, 0.15) is 37.1 Å². The number of urea groups is 1. The Morgan fingerprint density at radius 1 is 1.04 bits per heavy atom. The van der Waals surface area contributed by atoms with Crippen molar-refractivity contribution < 1.29 is 19.0 Å². The number of amides is 2. The normalized spacial score (nSPS) is 12.7. The van der Waals surface area contributed by atoms with Crippen molar-refractivity contribution in [1.29, 1.82) is 0 Å². The summed E-state index contributed by atoms with van der Waals surface area (Å²) < 4.78 is 16.4. The number of hydrogen-bond donors (Lipinski definition) is 2. The third kappa shape index (κ3) is 5.89. The maximum atomic E-state index is 12.3. The third-order valence-corrected chi connectivity index (χ3v) is 4.24. The summed E-state index contributed by atoms with van der Waals surface area (Å²) in [5.41, 5.74) is 1.95. The highest BCUT2D eigenvalue weighted by Crippen LogP contribution is 2.30. The molecule has 6 heteroatoms. The molecule has 0 saturated heterocycles. The van der Waals surface area contributed by atoms with E-state index in [9.17, 15) is 4.79 Å². The van der Waals surface area contributed by atoms with E-state index in [1.54, 1.807) is 14.2 Å². The molecule has 0 aromatic heterocycles. The van der Waals surface area contributed by atoms with Crippen molar-refractivity contribution in [2.45, 2.75) is 26.0 Å². The lowest BCUT2D eigenvalue weighted by Crippen LogP contribution is -2.39. The quantitative estimate of drug-likeness (QED) is 0.702. The Morgan fingerprint density at radius 3 is 2.41 bits per heavy atom. The molecular weight excluding hydrogens is 344 g/mol. The molecule has 0 aliphatic carbocycles. The number of nitrogens with one attached hydrogen (secondary N) is 2. The van der Waals surface area contributed by atoms with Gasteiger partial charge in [0, 0.05) is 13.7 Å². The monoisotopic (exact) mass is 372 g/mol. The van der Waals surface area contributed by atoms with Gasteiger partial charge in [-0.05, 0) is 37.1 Å². The number of hydrogen-bond acceptors (Lipinski definition) is 4. The summed E-state index contributed by atoms with van der Waals surface area (Å²) in [6, 6.07) is 15.0. The fourth-order valence-electron chi connectivity index (χ4n) is 2.75. The molecule has 2 N–H and O–H groups in total. The predicted octanol–water partition coefficient (Wildman–Crippen LogP) is 3.84. The Balaban J connectivity index is 1.93. The first-order valence-electron chi connectivity index (χ1n) is 9.01. The average Bonchev–Trinajstić information content (AvgIpc) is 2.69. The van der Waals surface area contributed by atoms with Gasteiger partial charge in [-0.15, -0.1) is 0 Å². The van der Waals surface area contributed by atoms with Crippen LogP contribution in [0.5, 0.6) is 11.5 Å². The fraction of sp³-hybridized carbons (Fsp3) is 0.381. The van der Waals surface area contributed by atoms with E-state index in [0.717, 1.165) is 11.1 Å². The highest BCUT2D eigenvalue weighted by Gasteiger charge is 2.15. The first-order chi connectivity index (χ1) is 13.1. The van der Waals surface area contributed by atoms with Gasteiger partial charge in [-0.25, -0.2) is 4.79 Å². The minimum atomic E-state index is -0.256. The molecule has 0 radical (unpaired) electrons. The zero-order valence-corrected chi connectivity index (χ0v) is 16.3. The maximum Gasteiger partial charge on any atom is 0.315 e. The van der Waals surface area contributed by atoms with Gasteiger partial charge in [-0.2, -0.15) is 0 Å². The zero-order chi connectivity index (χ0) is 19.6. The summed E-state index contributed by atoms with van der Waals surface area (Å²) in [6.07, 6.45) is -0.196. The Bertz CT molecular complexity index is 721. The van der Waals surface area contributed by atoms with Gasteiger partial charge in [-0.3, -0.25) is 0 Å². The lowest BCUT2D eigenvalue weighted by molar-refractivity contribution is 0.104. The molecule has 2 atom stereocenters. The lowest BCUT2D eigenvalue weighted by Gasteiger charge is -2.20. The predicted molar refractivity (Wildman–Crippen MR) is 105 cm³/mol. The molecule has 0 bridgehead atoms. The van der Waals surface area contributed by atoms with Crippen LogP contribution >= 0.6 is 0 Å². The SMILES string of the molecule is CCOc1ccc(C(C)NC(=O)NCC(OC)c2ccccc2)cc1OC. The Kier molecular flexibility index (Phi) is 7.95. The molecule has 0 aliphatic heterocycles. The first-order valence-corrected chi connectivity index (χ1v) is 9.01. The van der Waals surface area contributed by atoms with Crippen LogP contribution in [0.25, 0.3) is 0 Å². The molecule has 0 spiro atoms. The first kappa shape index (κ1) is 20.6. The molecule has 27 heavy (non-hydrogen) atoms. The van der Waals surface area contributed by atoms with Crippen molar-refractivity contribution >= 4 is 6.03 Å². The highest BCUT2D eigenvalue weighted by molar-refractivity contribution is 5.74. The molecule has 0 aliphatic rings. The van der Waals surface area contributed by atoms with E-state index in [4.69, 9.17) is 14.2 Å². The van der Waals surface area contributed by atoms with Crippen molar-refractivity contribution in [3.63, 3.8) is 0 Å². The number of ether oxygens (including phenoxy) is 3. The van der Waals surface area contributed by atoms with Crippen LogP contribution in [-0.4, -0.2) is 33.4 Å². The van der Waals surface area contributed by atoms with Crippen molar-refractivity contribution in [3.8, 4) is 11.5 Å². The smallest absolute Gasteiger partial charge is 0.315 e. The van der Waals surface area contributed by atoms with Crippen LogP contribution in [0.15, 0.2) is 48.5 Å². The Morgan fingerprint density at radius 2 is 1.78 bits per heavy atom. The van der Waals surface area contributed by atoms with E-state index in [2.05, 4.69) is 10.6 Å². The summed E-state index contributed by atoms with van der Waals surface area (Å²) in [6.45, 7) is 4.78. The topological polar surface area (TPSA) is 68.8 Å². The zero-order valence-electron chi connectivity index (χ0n) is 16.3. The van der Waals surface area contributed by atoms with Crippen molar-refractivity contribution in [2.24, 2.45) is 0 Å². The number of carbonyl (C=O) groups excluding carboxylic acids is 1. The molecule has 6 nitrogen and oxygen atoms in total. The minimum Gasteiger partial charge on any atom is -0.493 e. The fourth-order valence-corrected chi connectivity index (χ4v) is 2.75. The second kappa shape index (κ2) is 10.4. The molecule has 2 aromatic carbocycles. The van der Waals surface area contributed by atoms with Crippen LogP contribution in [-0.2, 0) is 4.74 Å². The average molecular weight is 372 g/mol. The van der Waals surface area contributed by atoms with E-state index in [0.29, 0.717) is 24.7 Å². The molecule has 0 fully saturated rings. The van der Waals surface area contributed by atoms with Gasteiger partial charge in [0.05, 0.1) is 25.9 Å². The van der Waals surface area contributed by atoms with Crippen molar-refractivity contribution in [3.05, 3.63) is 59.7 Å². The van der Waals surface area contributed by atoms with Gasteiger partial charge in [-0.1, -0.05) is 36.4 Å². The van der Waals surface area contributed by atoms with Gasteiger partial charge < -0.3 is 24.8 Å². The van der Waals surface area contributed by atoms with Gasteiger partial charge in [0.1, 0.15) is 0 Å². The van der Waals surface area contributed by atoms with Crippen LogP contribution in [0.3, 0.4) is 0 Å². The van der Waals surface area contributed by atoms with Gasteiger partial charge in [0.25, 0.3) is 0 Å². The molecule has 0 saturated carbocycles. The summed E-state index contributed by atoms with van der Waals surface area (Å²) >= 11 is 0. The molecule has 0 heterocycles. The molecule has 2 unspecified atom stereocenters. The molecule has 2 rings (SSSR count). The summed E-state index contributed by atoms with van der Waals surface area (Å²) in [7, 11) is 3.23. The Labute approximate surface area is 160 Å². The standard InChI is InChI=1S/C21H28N2O4/c1-5-27-18-12-11-17(13-19(18)25-3)15(2)23-21(24)22-14-20(26-4)16-9-7-6-8-10-16/h6-13,15,20H,5,14H2,1-4H3,(H2,22,23,24). The lowest BCUT2D eigenvalue weighted by atomic mass is 10.1. The van der Waals surface area contributed by atoms with Gasteiger partial charge in [0.2, 0.25) is 0 Å². The molecular formula is C21H28N2O4. The van der Waals surface area contributed by atoms with Crippen LogP contribution < -0.4 is 20.1 Å². The number of benzene rings is 2. The van der Waals surface area contributed by atoms with E-state index in [1.807, 2.05) is 62.4 Å². The van der Waals surface area contributed by atoms with Gasteiger partial charge >= 0.3 is 6.03 Å². The summed E-state index contributed by atoms with van der Waals surface area (Å²) in [5, 5.41) is 5.79. The second-order valence-electron chi connectivity index (χ2n) is 6.05. The van der Waals surface area contributed by atoms with Crippen LogP contribution in [0.2, 0.25) is 0 Å². The van der Waals surface area contributed by atoms with E-state index in [1.165, 1.54) is 0 Å². The number of rotatable bonds is 9. The Hall–Kier alpha value is -2.73. The number of carbonyl (C=O) groups is 1. The second-order valence-corrected chi connectivity index (χ2v) is 6.05. The maximum absolute atomic E-state index is 12.3.